The average molecular weight is 835 g/mol. The number of aryl methyl sites for hydroxylation is 1. The first-order valence-corrected chi connectivity index (χ1v) is 22.5. The van der Waals surface area contributed by atoms with E-state index < -0.39 is 5.60 Å². The van der Waals surface area contributed by atoms with Crippen LogP contribution >= 0.6 is 22.7 Å². The van der Waals surface area contributed by atoms with Gasteiger partial charge in [-0.3, -0.25) is 4.79 Å². The van der Waals surface area contributed by atoms with Gasteiger partial charge >= 0.3 is 5.97 Å². The number of esters is 1. The van der Waals surface area contributed by atoms with Crippen molar-refractivity contribution in [1.29, 1.82) is 0 Å². The van der Waals surface area contributed by atoms with Crippen molar-refractivity contribution >= 4 is 49.1 Å². The number of thiazole rings is 2. The normalized spacial score (nSPS) is 17.1. The van der Waals surface area contributed by atoms with E-state index in [1.807, 2.05) is 63.2 Å². The first-order chi connectivity index (χ1) is 28.5. The molecule has 2 aliphatic heterocycles. The molecule has 2 saturated heterocycles. The number of aliphatic hydroxyl groups is 1. The molecule has 2 unspecified atom stereocenters. The molecule has 4 aromatic carbocycles. The number of hydrogen-bond acceptors (Lipinski definition) is 11. The van der Waals surface area contributed by atoms with E-state index in [4.69, 9.17) is 24.2 Å². The average Bonchev–Trinajstić information content (AvgIpc) is 3.87. The molecule has 0 saturated carbocycles. The van der Waals surface area contributed by atoms with Gasteiger partial charge < -0.3 is 29.1 Å². The molecular formula is C48H58N4O5S2. The topological polar surface area (TPSA) is 97.2 Å². The van der Waals surface area contributed by atoms with E-state index in [0.717, 1.165) is 95.2 Å². The van der Waals surface area contributed by atoms with Crippen LogP contribution in [0.5, 0.6) is 0 Å². The Morgan fingerprint density at radius 2 is 1.15 bits per heavy atom. The SMILES string of the molecule is CN1CCC(OC(c2cccc(CCC(=O)OC(C)(C)C)c2)c2nc3ccccc3s2)CC1.CN1CCC(OC(c2cccc(CO)c2)c2nc3ccccc3s2)CC1. The van der Waals surface area contributed by atoms with Crippen LogP contribution in [0.2, 0.25) is 0 Å². The molecule has 0 radical (unpaired) electrons. The largest absolute Gasteiger partial charge is 0.460 e. The van der Waals surface area contributed by atoms with Gasteiger partial charge in [-0.2, -0.15) is 0 Å². The maximum Gasteiger partial charge on any atom is 0.306 e. The third-order valence-corrected chi connectivity index (χ3v) is 12.9. The second-order valence-corrected chi connectivity index (χ2v) is 18.9. The molecule has 8 rings (SSSR count). The third kappa shape index (κ3) is 12.0. The molecule has 2 atom stereocenters. The fourth-order valence-electron chi connectivity index (χ4n) is 7.60. The number of aliphatic hydroxyl groups excluding tert-OH is 1. The van der Waals surface area contributed by atoms with Gasteiger partial charge in [0, 0.05) is 32.6 Å². The van der Waals surface area contributed by atoms with Gasteiger partial charge in [-0.15, -0.1) is 22.7 Å². The number of hydrogen-bond donors (Lipinski definition) is 1. The Balaban J connectivity index is 0.000000184. The second-order valence-electron chi connectivity index (χ2n) is 16.8. The summed E-state index contributed by atoms with van der Waals surface area (Å²) in [5.41, 5.74) is 5.73. The molecule has 9 nitrogen and oxygen atoms in total. The highest BCUT2D eigenvalue weighted by Gasteiger charge is 2.28. The van der Waals surface area contributed by atoms with Crippen molar-refractivity contribution in [2.45, 2.75) is 95.9 Å². The summed E-state index contributed by atoms with van der Waals surface area (Å²) < 4.78 is 21.1. The number of rotatable bonds is 12. The van der Waals surface area contributed by atoms with E-state index in [2.05, 4.69) is 78.5 Å². The van der Waals surface area contributed by atoms with Crippen molar-refractivity contribution in [2.75, 3.05) is 40.3 Å². The smallest absolute Gasteiger partial charge is 0.306 e. The van der Waals surface area contributed by atoms with Gasteiger partial charge in [0.05, 0.1) is 39.2 Å². The minimum atomic E-state index is -0.460. The van der Waals surface area contributed by atoms with E-state index in [1.165, 1.54) is 9.40 Å². The van der Waals surface area contributed by atoms with E-state index in [-0.39, 0.29) is 37.0 Å². The summed E-state index contributed by atoms with van der Waals surface area (Å²) in [7, 11) is 4.32. The van der Waals surface area contributed by atoms with Gasteiger partial charge in [-0.1, -0.05) is 72.8 Å². The fraction of sp³-hybridized carbons (Fsp3) is 0.438. The summed E-state index contributed by atoms with van der Waals surface area (Å²) in [4.78, 5) is 26.7. The third-order valence-electron chi connectivity index (χ3n) is 10.8. The van der Waals surface area contributed by atoms with Crippen LogP contribution in [0.3, 0.4) is 0 Å². The summed E-state index contributed by atoms with van der Waals surface area (Å²) >= 11 is 3.39. The van der Waals surface area contributed by atoms with Gasteiger partial charge in [0.15, 0.2) is 0 Å². The lowest BCUT2D eigenvalue weighted by molar-refractivity contribution is -0.154. The predicted octanol–water partition coefficient (Wildman–Crippen LogP) is 9.76. The van der Waals surface area contributed by atoms with Crippen LogP contribution in [-0.2, 0) is 32.0 Å². The summed E-state index contributed by atoms with van der Waals surface area (Å²) in [5, 5.41) is 11.5. The van der Waals surface area contributed by atoms with Crippen LogP contribution in [-0.4, -0.2) is 88.9 Å². The highest BCUT2D eigenvalue weighted by molar-refractivity contribution is 7.19. The Hall–Kier alpha value is -4.07. The number of para-hydroxylation sites is 2. The molecule has 2 aliphatic rings. The minimum absolute atomic E-state index is 0.0363. The van der Waals surface area contributed by atoms with E-state index in [9.17, 15) is 9.90 Å². The maximum atomic E-state index is 12.2. The van der Waals surface area contributed by atoms with E-state index >= 15 is 0 Å². The number of benzene rings is 4. The number of aromatic nitrogens is 2. The molecule has 0 bridgehead atoms. The molecule has 6 aromatic rings. The van der Waals surface area contributed by atoms with Crippen LogP contribution in [0, 0.1) is 0 Å². The number of piperidine rings is 2. The highest BCUT2D eigenvalue weighted by Crippen LogP contribution is 2.37. The van der Waals surface area contributed by atoms with Gasteiger partial charge in [-0.05, 0) is 113 Å². The summed E-state index contributed by atoms with van der Waals surface area (Å²) in [5.74, 6) is -0.168. The lowest BCUT2D eigenvalue weighted by Crippen LogP contribution is -2.35. The number of fused-ring (bicyclic) bond motifs is 2. The van der Waals surface area contributed by atoms with Crippen LogP contribution < -0.4 is 0 Å². The maximum absolute atomic E-state index is 12.2. The van der Waals surface area contributed by atoms with Crippen molar-refractivity contribution in [3.8, 4) is 0 Å². The molecule has 4 heterocycles. The van der Waals surface area contributed by atoms with Crippen LogP contribution in [0.25, 0.3) is 20.4 Å². The zero-order valence-electron chi connectivity index (χ0n) is 35.0. The number of likely N-dealkylation sites (tertiary alicyclic amines) is 2. The Bertz CT molecular complexity index is 2200. The minimum Gasteiger partial charge on any atom is -0.460 e. The Kier molecular flexibility index (Phi) is 14.6. The predicted molar refractivity (Wildman–Crippen MR) is 239 cm³/mol. The molecule has 59 heavy (non-hydrogen) atoms. The van der Waals surface area contributed by atoms with Crippen molar-refractivity contribution in [3.63, 3.8) is 0 Å². The lowest BCUT2D eigenvalue weighted by atomic mass is 10.0. The number of nitrogens with zero attached hydrogens (tertiary/aromatic N) is 4. The summed E-state index contributed by atoms with van der Waals surface area (Å²) in [6.45, 7) is 9.95. The van der Waals surface area contributed by atoms with Crippen LogP contribution in [0.1, 0.15) is 97.4 Å². The Morgan fingerprint density at radius 3 is 1.61 bits per heavy atom. The highest BCUT2D eigenvalue weighted by atomic mass is 32.1. The quantitative estimate of drug-likeness (QED) is 0.121. The molecule has 0 aliphatic carbocycles. The Labute approximate surface area is 357 Å². The van der Waals surface area contributed by atoms with Crippen molar-refractivity contribution < 1.29 is 24.1 Å². The van der Waals surface area contributed by atoms with Crippen LogP contribution in [0.4, 0.5) is 0 Å². The molecule has 0 spiro atoms. The second kappa shape index (κ2) is 20.0. The number of carbonyl (C=O) groups is 1. The molecular weight excluding hydrogens is 777 g/mol. The first-order valence-electron chi connectivity index (χ1n) is 20.9. The van der Waals surface area contributed by atoms with Crippen LogP contribution in [0.15, 0.2) is 97.1 Å². The lowest BCUT2D eigenvalue weighted by Gasteiger charge is -2.31. The van der Waals surface area contributed by atoms with E-state index in [1.54, 1.807) is 22.7 Å². The first kappa shape index (κ1) is 43.0. The Morgan fingerprint density at radius 1 is 0.695 bits per heavy atom. The standard InChI is InChI=1S/C27H34N2O3S.C21H24N2O2S/c1-27(2,3)32-24(30)13-12-19-8-7-9-20(18-19)25(31-21-14-16-29(4)17-15-21)26-28-22-10-5-6-11-23(22)33-26;1-23-11-9-17(10-12-23)25-20(16-6-4-5-15(13-16)14-24)21-22-18-7-2-3-8-19(18)26-21/h5-11,18,21,25H,12-17H2,1-4H3;2-8,13,17,20,24H,9-12,14H2,1H3. The molecule has 2 fully saturated rings. The van der Waals surface area contributed by atoms with Crippen molar-refractivity contribution in [2.24, 2.45) is 0 Å². The van der Waals surface area contributed by atoms with Gasteiger partial charge in [-0.25, -0.2) is 9.97 Å². The van der Waals surface area contributed by atoms with Crippen molar-refractivity contribution in [3.05, 3.63) is 129 Å². The van der Waals surface area contributed by atoms with Gasteiger partial charge in [0.1, 0.15) is 27.8 Å². The molecule has 2 aromatic heterocycles. The molecule has 1 N–H and O–H groups in total. The zero-order valence-corrected chi connectivity index (χ0v) is 36.6. The summed E-state index contributed by atoms with van der Waals surface area (Å²) in [6.07, 6.45) is 5.18. The fourth-order valence-corrected chi connectivity index (χ4v) is 9.66. The zero-order chi connectivity index (χ0) is 41.4. The molecule has 312 valence electrons. The molecule has 11 heteroatoms. The number of carbonyl (C=O) groups excluding carboxylic acids is 1. The van der Waals surface area contributed by atoms with Gasteiger partial charge in [0.25, 0.3) is 0 Å². The van der Waals surface area contributed by atoms with E-state index in [0.29, 0.717) is 12.8 Å². The molecule has 0 amide bonds. The number of ether oxygens (including phenoxy) is 3. The summed E-state index contributed by atoms with van der Waals surface area (Å²) in [6, 6.07) is 32.9. The van der Waals surface area contributed by atoms with Crippen molar-refractivity contribution in [1.82, 2.24) is 19.8 Å². The van der Waals surface area contributed by atoms with Gasteiger partial charge in [0.2, 0.25) is 0 Å². The monoisotopic (exact) mass is 834 g/mol.